The second-order valence-electron chi connectivity index (χ2n) is 10.6. The van der Waals surface area contributed by atoms with Crippen molar-refractivity contribution in [2.75, 3.05) is 43.9 Å². The van der Waals surface area contributed by atoms with E-state index < -0.39 is 16.1 Å². The Morgan fingerprint density at radius 3 is 2.43 bits per heavy atom. The van der Waals surface area contributed by atoms with Crippen molar-refractivity contribution in [3.05, 3.63) is 65.2 Å². The maximum atomic E-state index is 13.5. The Morgan fingerprint density at radius 1 is 0.973 bits per heavy atom. The first-order valence-corrected chi connectivity index (χ1v) is 15.1. The van der Waals surface area contributed by atoms with Crippen LogP contribution in [0.1, 0.15) is 42.4 Å². The van der Waals surface area contributed by atoms with E-state index in [0.29, 0.717) is 24.8 Å². The number of piperidine rings is 1. The maximum Gasteiger partial charge on any atom is 0.243 e. The molecule has 1 spiro atoms. The van der Waals surface area contributed by atoms with Gasteiger partial charge in [0.2, 0.25) is 21.8 Å². The number of nitrogens with zero attached hydrogens (tertiary/aromatic N) is 2. The number of rotatable bonds is 8. The quantitative estimate of drug-likeness (QED) is 0.515. The molecule has 0 unspecified atom stereocenters. The van der Waals surface area contributed by atoms with Gasteiger partial charge in [-0.3, -0.25) is 14.5 Å². The van der Waals surface area contributed by atoms with Gasteiger partial charge in [0.05, 0.1) is 6.26 Å². The van der Waals surface area contributed by atoms with E-state index in [2.05, 4.69) is 39.2 Å². The largest absolute Gasteiger partial charge is 0.353 e. The van der Waals surface area contributed by atoms with E-state index in [4.69, 9.17) is 0 Å². The first-order chi connectivity index (χ1) is 17.8. The summed E-state index contributed by atoms with van der Waals surface area (Å²) in [7, 11) is -3.32. The third kappa shape index (κ3) is 5.58. The lowest BCUT2D eigenvalue weighted by molar-refractivity contribution is -0.126. The highest BCUT2D eigenvalue weighted by Crippen LogP contribution is 2.46. The lowest BCUT2D eigenvalue weighted by Crippen LogP contribution is -2.50. The molecule has 2 N–H and O–H groups in total. The molecule has 2 heterocycles. The summed E-state index contributed by atoms with van der Waals surface area (Å²) in [6.45, 7) is 2.92. The number of para-hydroxylation sites is 1. The molecule has 2 aromatic carbocycles. The predicted molar refractivity (Wildman–Crippen MR) is 144 cm³/mol. The molecule has 2 aliphatic heterocycles. The van der Waals surface area contributed by atoms with Crippen LogP contribution in [0.3, 0.4) is 0 Å². The van der Waals surface area contributed by atoms with Crippen molar-refractivity contribution in [3.63, 3.8) is 0 Å². The lowest BCUT2D eigenvalue weighted by atomic mass is 9.74. The van der Waals surface area contributed by atoms with Gasteiger partial charge in [-0.05, 0) is 66.9 Å². The Morgan fingerprint density at radius 2 is 1.68 bits per heavy atom. The summed E-state index contributed by atoms with van der Waals surface area (Å²) in [5.74, 6) is -0.314. The van der Waals surface area contributed by atoms with Crippen LogP contribution >= 0.6 is 0 Å². The van der Waals surface area contributed by atoms with Crippen molar-refractivity contribution in [3.8, 4) is 0 Å². The number of carbonyl (C=O) groups is 2. The molecule has 1 saturated heterocycles. The van der Waals surface area contributed by atoms with Crippen LogP contribution in [0.25, 0.3) is 0 Å². The predicted octanol–water partition coefficient (Wildman–Crippen LogP) is 1.98. The Bertz CT molecular complexity index is 1270. The number of fused-ring (bicyclic) bond motifs is 3. The number of carbonyl (C=O) groups excluding carboxylic acids is 2. The van der Waals surface area contributed by atoms with Crippen molar-refractivity contribution < 1.29 is 18.0 Å². The topological polar surface area (TPSA) is 98.8 Å². The van der Waals surface area contributed by atoms with Gasteiger partial charge in [-0.15, -0.1) is 0 Å². The molecule has 2 aromatic rings. The molecule has 5 rings (SSSR count). The van der Waals surface area contributed by atoms with Crippen LogP contribution in [0.2, 0.25) is 0 Å². The molecule has 9 heteroatoms. The fourth-order valence-corrected chi connectivity index (χ4v) is 6.78. The Kier molecular flexibility index (Phi) is 7.38. The molecular weight excluding hydrogens is 488 g/mol. The summed E-state index contributed by atoms with van der Waals surface area (Å²) in [5.41, 5.74) is 5.09. The minimum Gasteiger partial charge on any atom is -0.353 e. The van der Waals surface area contributed by atoms with Gasteiger partial charge >= 0.3 is 0 Å². The number of aryl methyl sites for hydroxylation is 1. The Balaban J connectivity index is 1.18. The molecule has 1 atom stereocenters. The number of hydrogen-bond donors (Lipinski definition) is 2. The Labute approximate surface area is 219 Å². The van der Waals surface area contributed by atoms with Crippen molar-refractivity contribution >= 4 is 27.5 Å². The Hall–Kier alpha value is -2.75. The number of anilines is 1. The third-order valence-electron chi connectivity index (χ3n) is 8.25. The van der Waals surface area contributed by atoms with Gasteiger partial charge in [-0.1, -0.05) is 42.5 Å². The number of hydrogen-bond acceptors (Lipinski definition) is 5. The lowest BCUT2D eigenvalue weighted by Gasteiger charge is -2.40. The number of likely N-dealkylation sites (tertiary alicyclic amines) is 1. The van der Waals surface area contributed by atoms with E-state index in [1.165, 1.54) is 17.5 Å². The molecular formula is C28H36N4O4S. The summed E-state index contributed by atoms with van der Waals surface area (Å²) in [4.78, 5) is 30.5. The van der Waals surface area contributed by atoms with Crippen LogP contribution in [0.4, 0.5) is 5.69 Å². The van der Waals surface area contributed by atoms with Crippen LogP contribution in [0.15, 0.2) is 48.5 Å². The summed E-state index contributed by atoms with van der Waals surface area (Å²) in [6.07, 6.45) is 6.53. The zero-order valence-electron chi connectivity index (χ0n) is 21.4. The van der Waals surface area contributed by atoms with Crippen molar-refractivity contribution in [2.24, 2.45) is 0 Å². The van der Waals surface area contributed by atoms with Crippen LogP contribution in [-0.4, -0.2) is 70.2 Å². The molecule has 0 saturated carbocycles. The first-order valence-electron chi connectivity index (χ1n) is 13.2. The van der Waals surface area contributed by atoms with Crippen LogP contribution in [-0.2, 0) is 37.9 Å². The number of sulfonamides is 1. The van der Waals surface area contributed by atoms with Crippen LogP contribution in [0, 0.1) is 0 Å². The van der Waals surface area contributed by atoms with E-state index in [1.807, 2.05) is 24.3 Å². The summed E-state index contributed by atoms with van der Waals surface area (Å²) in [6, 6.07) is 15.9. The van der Waals surface area contributed by atoms with Gasteiger partial charge in [-0.2, -0.15) is 0 Å². The number of nitrogens with one attached hydrogen (secondary N) is 2. The monoisotopic (exact) mass is 524 g/mol. The molecule has 37 heavy (non-hydrogen) atoms. The summed E-state index contributed by atoms with van der Waals surface area (Å²) >= 11 is 0. The smallest absolute Gasteiger partial charge is 0.243 e. The van der Waals surface area contributed by atoms with Gasteiger partial charge in [0.25, 0.3) is 0 Å². The molecule has 3 aliphatic rings. The van der Waals surface area contributed by atoms with Crippen molar-refractivity contribution in [2.45, 2.75) is 50.0 Å². The van der Waals surface area contributed by atoms with E-state index in [-0.39, 0.29) is 24.9 Å². The van der Waals surface area contributed by atoms with Gasteiger partial charge in [0, 0.05) is 38.2 Å². The highest BCUT2D eigenvalue weighted by molar-refractivity contribution is 7.88. The first kappa shape index (κ1) is 25.9. The fraction of sp³-hybridized carbons (Fsp3) is 0.500. The molecule has 0 bridgehead atoms. The molecule has 2 amide bonds. The zero-order valence-corrected chi connectivity index (χ0v) is 22.2. The normalized spacial score (nSPS) is 20.6. The van der Waals surface area contributed by atoms with E-state index in [1.54, 1.807) is 4.90 Å². The average molecular weight is 525 g/mol. The third-order valence-corrected chi connectivity index (χ3v) is 8.98. The van der Waals surface area contributed by atoms with E-state index in [9.17, 15) is 18.0 Å². The van der Waals surface area contributed by atoms with E-state index >= 15 is 0 Å². The molecule has 198 valence electrons. The number of amides is 2. The van der Waals surface area contributed by atoms with Gasteiger partial charge in [0.15, 0.2) is 0 Å². The average Bonchev–Trinajstić information content (AvgIpc) is 3.45. The van der Waals surface area contributed by atoms with Crippen LogP contribution in [0.5, 0.6) is 0 Å². The van der Waals surface area contributed by atoms with E-state index in [0.717, 1.165) is 49.9 Å². The SMILES string of the molecule is CS(=O)(=O)NCCNC(=O)[C@@H]1Cc2ccccc2N1C(=O)CCN1CCC2(CCc3ccccc32)CC1. The van der Waals surface area contributed by atoms with Gasteiger partial charge in [0.1, 0.15) is 6.04 Å². The zero-order chi connectivity index (χ0) is 26.0. The summed E-state index contributed by atoms with van der Waals surface area (Å²) in [5, 5.41) is 2.79. The highest BCUT2D eigenvalue weighted by atomic mass is 32.2. The maximum absolute atomic E-state index is 13.5. The second-order valence-corrected chi connectivity index (χ2v) is 12.4. The van der Waals surface area contributed by atoms with Crippen LogP contribution < -0.4 is 14.9 Å². The van der Waals surface area contributed by atoms with Crippen molar-refractivity contribution in [1.29, 1.82) is 0 Å². The van der Waals surface area contributed by atoms with Gasteiger partial charge in [-0.25, -0.2) is 13.1 Å². The minimum absolute atomic E-state index is 0.0501. The standard InChI is InChI=1S/C28H36N4O4S/c1-37(35,36)30-16-15-29-27(34)25-20-22-7-3-5-9-24(22)32(25)26(33)11-17-31-18-13-28(14-19-31)12-10-21-6-2-4-8-23(21)28/h2-9,25,30H,10-20H2,1H3,(H,29,34)/t25-/m0/s1. The molecule has 1 aliphatic carbocycles. The number of benzene rings is 2. The fourth-order valence-electron chi connectivity index (χ4n) is 6.31. The highest BCUT2D eigenvalue weighted by Gasteiger charge is 2.41. The van der Waals surface area contributed by atoms with Crippen molar-refractivity contribution in [1.82, 2.24) is 14.9 Å². The minimum atomic E-state index is -3.32. The molecule has 8 nitrogen and oxygen atoms in total. The van der Waals surface area contributed by atoms with Gasteiger partial charge < -0.3 is 10.2 Å². The molecule has 0 aromatic heterocycles. The molecule has 1 fully saturated rings. The summed E-state index contributed by atoms with van der Waals surface area (Å²) < 4.78 is 24.9. The molecule has 0 radical (unpaired) electrons. The second kappa shape index (κ2) is 10.6.